The molecule has 140 valence electrons. The van der Waals surface area contributed by atoms with Gasteiger partial charge in [-0.15, -0.1) is 0 Å². The van der Waals surface area contributed by atoms with Crippen LogP contribution in [0.2, 0.25) is 0 Å². The summed E-state index contributed by atoms with van der Waals surface area (Å²) in [5.41, 5.74) is 1.70. The summed E-state index contributed by atoms with van der Waals surface area (Å²) in [5, 5.41) is 0.997. The fourth-order valence-corrected chi connectivity index (χ4v) is 5.32. The number of Topliss-reactive ketones (excluding diaryl/α,β-unsaturated/α-hetero) is 1. The first-order chi connectivity index (χ1) is 12.5. The molecular weight excluding hydrogens is 596 g/mol. The minimum absolute atomic E-state index is 0.0894. The van der Waals surface area contributed by atoms with Crippen LogP contribution in [0.3, 0.4) is 0 Å². The van der Waals surface area contributed by atoms with Crippen molar-refractivity contribution in [3.8, 4) is 11.5 Å². The fourth-order valence-electron chi connectivity index (χ4n) is 2.90. The molecule has 2 unspecified atom stereocenters. The largest absolute Gasteiger partial charge is 0.495 e. The lowest BCUT2D eigenvalue weighted by atomic mass is 9.85. The Bertz CT molecular complexity index is 716. The van der Waals surface area contributed by atoms with E-state index >= 15 is 0 Å². The molecule has 0 saturated carbocycles. The molecule has 0 saturated heterocycles. The Morgan fingerprint density at radius 1 is 0.846 bits per heavy atom. The molecule has 0 amide bonds. The average Bonchev–Trinajstić information content (AvgIpc) is 2.63. The number of methoxy groups -OCH3 is 2. The molecule has 0 spiro atoms. The van der Waals surface area contributed by atoms with Crippen molar-refractivity contribution in [1.29, 1.82) is 0 Å². The maximum Gasteiger partial charge on any atom is 0.149 e. The zero-order valence-electron chi connectivity index (χ0n) is 14.3. The summed E-state index contributed by atoms with van der Waals surface area (Å²) in [7, 11) is 3.22. The van der Waals surface area contributed by atoms with E-state index in [0.29, 0.717) is 22.2 Å². The monoisotopic (exact) mass is 610 g/mol. The zero-order valence-corrected chi connectivity index (χ0v) is 20.6. The number of rotatable bonds is 8. The Morgan fingerprint density at radius 2 is 1.23 bits per heavy atom. The van der Waals surface area contributed by atoms with E-state index in [1.807, 2.05) is 36.4 Å². The summed E-state index contributed by atoms with van der Waals surface area (Å²) in [4.78, 5) is 13.5. The number of carbonyl (C=O) groups is 1. The second-order valence-electron chi connectivity index (χ2n) is 5.54. The highest BCUT2D eigenvalue weighted by molar-refractivity contribution is 9.11. The Balaban J connectivity index is 2.50. The second kappa shape index (κ2) is 10.2. The molecule has 0 aliphatic carbocycles. The van der Waals surface area contributed by atoms with Crippen LogP contribution in [0.15, 0.2) is 45.3 Å². The molecule has 0 aromatic heterocycles. The molecule has 0 aliphatic rings. The van der Waals surface area contributed by atoms with Crippen LogP contribution in [0.5, 0.6) is 11.5 Å². The van der Waals surface area contributed by atoms with Crippen molar-refractivity contribution in [2.24, 2.45) is 0 Å². The SMILES string of the molecule is COc1c(Br)cccc1C(CBr)C(=O)C(CBr)c1cccc(Br)c1OC. The summed E-state index contributed by atoms with van der Waals surface area (Å²) in [5.74, 6) is 0.744. The molecule has 3 nitrogen and oxygen atoms in total. The Hall–Kier alpha value is -0.370. The summed E-state index contributed by atoms with van der Waals surface area (Å²) in [6, 6.07) is 11.5. The molecule has 2 rings (SSSR count). The Labute approximate surface area is 187 Å². The average molecular weight is 614 g/mol. The number of para-hydroxylation sites is 2. The van der Waals surface area contributed by atoms with Crippen molar-refractivity contribution in [2.45, 2.75) is 11.8 Å². The molecule has 2 atom stereocenters. The second-order valence-corrected chi connectivity index (χ2v) is 8.54. The van der Waals surface area contributed by atoms with Gasteiger partial charge < -0.3 is 9.47 Å². The molecule has 2 aromatic carbocycles. The minimum Gasteiger partial charge on any atom is -0.495 e. The van der Waals surface area contributed by atoms with Gasteiger partial charge >= 0.3 is 0 Å². The topological polar surface area (TPSA) is 35.5 Å². The molecule has 0 heterocycles. The van der Waals surface area contributed by atoms with Gasteiger partial charge in [0, 0.05) is 21.8 Å². The standard InChI is InChI=1S/C19H18Br4O3/c1-25-18-11(5-3-7-15(18)22)13(9-20)17(24)14(10-21)12-6-4-8-16(23)19(12)26-2/h3-8,13-14H,9-10H2,1-2H3. The number of ketones is 1. The van der Waals surface area contributed by atoms with Crippen molar-refractivity contribution in [3.63, 3.8) is 0 Å². The van der Waals surface area contributed by atoms with Crippen LogP contribution in [0.1, 0.15) is 23.0 Å². The first-order valence-electron chi connectivity index (χ1n) is 7.80. The number of carbonyl (C=O) groups excluding carboxylic acids is 1. The van der Waals surface area contributed by atoms with Crippen LogP contribution in [0.25, 0.3) is 0 Å². The Morgan fingerprint density at radius 3 is 1.54 bits per heavy atom. The minimum atomic E-state index is -0.353. The fraction of sp³-hybridized carbons (Fsp3) is 0.316. The number of benzene rings is 2. The summed E-state index contributed by atoms with van der Waals surface area (Å²) < 4.78 is 12.7. The molecule has 0 fully saturated rings. The van der Waals surface area contributed by atoms with E-state index in [2.05, 4.69) is 63.7 Å². The molecule has 0 aliphatic heterocycles. The van der Waals surface area contributed by atoms with E-state index in [9.17, 15) is 4.79 Å². The van der Waals surface area contributed by atoms with Crippen molar-refractivity contribution >= 4 is 69.5 Å². The van der Waals surface area contributed by atoms with Crippen LogP contribution >= 0.6 is 63.7 Å². The van der Waals surface area contributed by atoms with Gasteiger partial charge in [-0.3, -0.25) is 4.79 Å². The van der Waals surface area contributed by atoms with Crippen molar-refractivity contribution < 1.29 is 14.3 Å². The van der Waals surface area contributed by atoms with Crippen LogP contribution in [0.4, 0.5) is 0 Å². The molecule has 26 heavy (non-hydrogen) atoms. The third-order valence-electron chi connectivity index (χ3n) is 4.15. The Kier molecular flexibility index (Phi) is 8.64. The third-order valence-corrected chi connectivity index (χ3v) is 6.69. The number of hydrogen-bond acceptors (Lipinski definition) is 3. The zero-order chi connectivity index (χ0) is 19.3. The first kappa shape index (κ1) is 21.9. The van der Waals surface area contributed by atoms with Crippen LogP contribution in [-0.4, -0.2) is 30.7 Å². The highest BCUT2D eigenvalue weighted by Crippen LogP contribution is 2.41. The van der Waals surface area contributed by atoms with Gasteiger partial charge in [-0.25, -0.2) is 0 Å². The smallest absolute Gasteiger partial charge is 0.149 e. The molecule has 2 aromatic rings. The van der Waals surface area contributed by atoms with Gasteiger partial charge in [-0.1, -0.05) is 56.1 Å². The summed E-state index contributed by atoms with van der Waals surface area (Å²) in [6.07, 6.45) is 0. The van der Waals surface area contributed by atoms with E-state index in [4.69, 9.17) is 9.47 Å². The normalized spacial score (nSPS) is 13.2. The lowest BCUT2D eigenvalue weighted by molar-refractivity contribution is -0.121. The van der Waals surface area contributed by atoms with Gasteiger partial charge in [-0.2, -0.15) is 0 Å². The lowest BCUT2D eigenvalue weighted by Crippen LogP contribution is -2.24. The quantitative estimate of drug-likeness (QED) is 0.321. The highest BCUT2D eigenvalue weighted by atomic mass is 79.9. The van der Waals surface area contributed by atoms with Crippen molar-refractivity contribution in [3.05, 3.63) is 56.5 Å². The predicted molar refractivity (Wildman–Crippen MR) is 119 cm³/mol. The number of alkyl halides is 2. The van der Waals surface area contributed by atoms with Crippen molar-refractivity contribution in [2.75, 3.05) is 24.9 Å². The van der Waals surface area contributed by atoms with Gasteiger partial charge in [-0.05, 0) is 44.0 Å². The third kappa shape index (κ3) is 4.54. The van der Waals surface area contributed by atoms with Gasteiger partial charge in [0.1, 0.15) is 17.3 Å². The summed E-state index contributed by atoms with van der Waals surface area (Å²) >= 11 is 14.0. The van der Waals surface area contributed by atoms with Gasteiger partial charge in [0.05, 0.1) is 35.0 Å². The maximum absolute atomic E-state index is 13.5. The molecular formula is C19H18Br4O3. The van der Waals surface area contributed by atoms with E-state index in [-0.39, 0.29) is 17.6 Å². The molecule has 0 radical (unpaired) electrons. The highest BCUT2D eigenvalue weighted by Gasteiger charge is 2.32. The predicted octanol–water partition coefficient (Wildman–Crippen LogP) is 6.46. The van der Waals surface area contributed by atoms with Gasteiger partial charge in [0.2, 0.25) is 0 Å². The number of halogens is 4. The first-order valence-corrected chi connectivity index (χ1v) is 11.6. The lowest BCUT2D eigenvalue weighted by Gasteiger charge is -2.24. The number of ether oxygens (including phenoxy) is 2. The number of hydrogen-bond donors (Lipinski definition) is 0. The van der Waals surface area contributed by atoms with Crippen molar-refractivity contribution in [1.82, 2.24) is 0 Å². The maximum atomic E-state index is 13.5. The van der Waals surface area contributed by atoms with Gasteiger partial charge in [0.25, 0.3) is 0 Å². The van der Waals surface area contributed by atoms with E-state index in [1.54, 1.807) is 14.2 Å². The molecule has 0 bridgehead atoms. The van der Waals surface area contributed by atoms with E-state index in [0.717, 1.165) is 20.1 Å². The van der Waals surface area contributed by atoms with Crippen LogP contribution in [0, 0.1) is 0 Å². The van der Waals surface area contributed by atoms with Crippen LogP contribution < -0.4 is 9.47 Å². The molecule has 0 N–H and O–H groups in total. The van der Waals surface area contributed by atoms with E-state index < -0.39 is 0 Å². The molecule has 7 heteroatoms. The van der Waals surface area contributed by atoms with Crippen LogP contribution in [-0.2, 0) is 4.79 Å². The van der Waals surface area contributed by atoms with Gasteiger partial charge in [0.15, 0.2) is 0 Å². The van der Waals surface area contributed by atoms with E-state index in [1.165, 1.54) is 0 Å². The summed E-state index contributed by atoms with van der Waals surface area (Å²) in [6.45, 7) is 0.